The van der Waals surface area contributed by atoms with Gasteiger partial charge < -0.3 is 5.32 Å². The largest absolute Gasteiger partial charge is 0.382 e. The number of hydrogen-bond donors (Lipinski definition) is 1. The van der Waals surface area contributed by atoms with E-state index in [1.807, 2.05) is 7.05 Å². The summed E-state index contributed by atoms with van der Waals surface area (Å²) in [5.74, 6) is 0. The first-order valence-corrected chi connectivity index (χ1v) is 4.23. The molecule has 0 bridgehead atoms. The lowest BCUT2D eigenvalue weighted by Crippen LogP contribution is -2.34. The highest BCUT2D eigenvalue weighted by Crippen LogP contribution is 2.25. The molecule has 0 spiro atoms. The fourth-order valence-electron chi connectivity index (χ4n) is 0.873. The van der Waals surface area contributed by atoms with Crippen LogP contribution in [0.2, 0.25) is 0 Å². The van der Waals surface area contributed by atoms with E-state index in [0.29, 0.717) is 0 Å². The lowest BCUT2D eigenvalue weighted by atomic mass is 9.85. The van der Waals surface area contributed by atoms with Crippen LogP contribution in [0.5, 0.6) is 0 Å². The maximum atomic E-state index is 5.18. The molecule has 0 fully saturated rings. The summed E-state index contributed by atoms with van der Waals surface area (Å²) in [5, 5.41) is 3.04. The van der Waals surface area contributed by atoms with E-state index in [2.05, 4.69) is 26.1 Å². The van der Waals surface area contributed by atoms with E-state index < -0.39 is 0 Å². The van der Waals surface area contributed by atoms with Crippen LogP contribution in [0.25, 0.3) is 0 Å². The summed E-state index contributed by atoms with van der Waals surface area (Å²) in [5.41, 5.74) is 0.212. The molecule has 0 aliphatic rings. The topological polar surface area (TPSA) is 12.0 Å². The third kappa shape index (κ3) is 1.94. The van der Waals surface area contributed by atoms with Crippen LogP contribution in [0.15, 0.2) is 0 Å². The van der Waals surface area contributed by atoms with Gasteiger partial charge >= 0.3 is 0 Å². The minimum Gasteiger partial charge on any atom is -0.382 e. The molecule has 0 aromatic carbocycles. The van der Waals surface area contributed by atoms with Crippen molar-refractivity contribution < 1.29 is 0 Å². The third-order valence-corrected chi connectivity index (χ3v) is 3.03. The quantitative estimate of drug-likeness (QED) is 0.634. The standard InChI is InChI=1S/C8H17NS/c1-5-8(3,6-2)7(10)9-4/h5-6H2,1-4H3,(H,9,10). The third-order valence-electron chi connectivity index (χ3n) is 2.34. The first-order valence-electron chi connectivity index (χ1n) is 3.83. The maximum absolute atomic E-state index is 5.18. The zero-order valence-electron chi connectivity index (χ0n) is 7.32. The van der Waals surface area contributed by atoms with Crippen LogP contribution < -0.4 is 5.32 Å². The molecule has 0 saturated carbocycles. The first kappa shape index (κ1) is 9.89. The van der Waals surface area contributed by atoms with Gasteiger partial charge in [-0.25, -0.2) is 0 Å². The summed E-state index contributed by atoms with van der Waals surface area (Å²) in [6, 6.07) is 0. The van der Waals surface area contributed by atoms with Gasteiger partial charge in [-0.2, -0.15) is 0 Å². The molecule has 0 radical (unpaired) electrons. The fraction of sp³-hybridized carbons (Fsp3) is 0.875. The minimum atomic E-state index is 0.212. The summed E-state index contributed by atoms with van der Waals surface area (Å²) < 4.78 is 0. The zero-order valence-corrected chi connectivity index (χ0v) is 8.14. The van der Waals surface area contributed by atoms with Crippen molar-refractivity contribution in [2.24, 2.45) is 5.41 Å². The smallest absolute Gasteiger partial charge is 0.0810 e. The van der Waals surface area contributed by atoms with Crippen LogP contribution >= 0.6 is 12.2 Å². The molecule has 0 amide bonds. The lowest BCUT2D eigenvalue weighted by molar-refractivity contribution is 0.430. The van der Waals surface area contributed by atoms with Gasteiger partial charge in [0, 0.05) is 12.5 Å². The number of thiocarbonyl (C=S) groups is 1. The van der Waals surface area contributed by atoms with Crippen molar-refractivity contribution in [3.63, 3.8) is 0 Å². The molecule has 0 aromatic rings. The molecule has 2 heteroatoms. The molecule has 0 aliphatic carbocycles. The van der Waals surface area contributed by atoms with Gasteiger partial charge in [-0.05, 0) is 12.8 Å². The molecular weight excluding hydrogens is 142 g/mol. The predicted molar refractivity (Wildman–Crippen MR) is 50.3 cm³/mol. The Balaban J connectivity index is 4.17. The minimum absolute atomic E-state index is 0.212. The van der Waals surface area contributed by atoms with Crippen LogP contribution in [0.1, 0.15) is 33.6 Å². The van der Waals surface area contributed by atoms with Gasteiger partial charge in [0.25, 0.3) is 0 Å². The van der Waals surface area contributed by atoms with E-state index in [0.717, 1.165) is 17.8 Å². The maximum Gasteiger partial charge on any atom is 0.0810 e. The van der Waals surface area contributed by atoms with E-state index >= 15 is 0 Å². The number of nitrogens with one attached hydrogen (secondary N) is 1. The van der Waals surface area contributed by atoms with Gasteiger partial charge in [0.15, 0.2) is 0 Å². The van der Waals surface area contributed by atoms with Gasteiger partial charge in [-0.3, -0.25) is 0 Å². The summed E-state index contributed by atoms with van der Waals surface area (Å²) in [6.45, 7) is 6.55. The molecule has 0 unspecified atom stereocenters. The predicted octanol–water partition coefficient (Wildman–Crippen LogP) is 2.36. The van der Waals surface area contributed by atoms with Crippen molar-refractivity contribution in [2.75, 3.05) is 7.05 Å². The molecule has 60 valence electrons. The van der Waals surface area contributed by atoms with Crippen molar-refractivity contribution in [3.05, 3.63) is 0 Å². The summed E-state index contributed by atoms with van der Waals surface area (Å²) in [7, 11) is 1.89. The first-order chi connectivity index (χ1) is 4.60. The molecule has 0 atom stereocenters. The summed E-state index contributed by atoms with van der Waals surface area (Å²) in [6.07, 6.45) is 2.23. The second-order valence-electron chi connectivity index (χ2n) is 2.85. The van der Waals surface area contributed by atoms with Gasteiger partial charge in [0.1, 0.15) is 0 Å². The molecule has 1 nitrogen and oxygen atoms in total. The van der Waals surface area contributed by atoms with Gasteiger partial charge in [0.2, 0.25) is 0 Å². The SMILES string of the molecule is CCC(C)(CC)C(=S)NC. The molecule has 0 aromatic heterocycles. The second kappa shape index (κ2) is 3.91. The molecule has 10 heavy (non-hydrogen) atoms. The molecule has 0 aliphatic heterocycles. The van der Waals surface area contributed by atoms with Crippen LogP contribution in [-0.4, -0.2) is 12.0 Å². The van der Waals surface area contributed by atoms with Crippen LogP contribution in [0, 0.1) is 5.41 Å². The van der Waals surface area contributed by atoms with Crippen LogP contribution in [0.4, 0.5) is 0 Å². The summed E-state index contributed by atoms with van der Waals surface area (Å²) >= 11 is 5.18. The molecule has 0 heterocycles. The van der Waals surface area contributed by atoms with Crippen molar-refractivity contribution >= 4 is 17.2 Å². The molecule has 0 saturated heterocycles. The van der Waals surface area contributed by atoms with E-state index in [-0.39, 0.29) is 5.41 Å². The van der Waals surface area contributed by atoms with Crippen molar-refractivity contribution in [1.29, 1.82) is 0 Å². The Morgan fingerprint density at radius 1 is 1.40 bits per heavy atom. The zero-order chi connectivity index (χ0) is 8.20. The van der Waals surface area contributed by atoms with Gasteiger partial charge in [0.05, 0.1) is 4.99 Å². The van der Waals surface area contributed by atoms with Gasteiger partial charge in [-0.1, -0.05) is 33.0 Å². The Morgan fingerprint density at radius 3 is 1.90 bits per heavy atom. The second-order valence-corrected chi connectivity index (χ2v) is 3.26. The number of rotatable bonds is 3. The lowest BCUT2D eigenvalue weighted by Gasteiger charge is -2.27. The van der Waals surface area contributed by atoms with Crippen molar-refractivity contribution in [1.82, 2.24) is 5.32 Å². The monoisotopic (exact) mass is 159 g/mol. The molecule has 1 N–H and O–H groups in total. The van der Waals surface area contributed by atoms with Gasteiger partial charge in [-0.15, -0.1) is 0 Å². The average Bonchev–Trinajstić information content (AvgIpc) is 2.01. The van der Waals surface area contributed by atoms with Crippen LogP contribution in [0.3, 0.4) is 0 Å². The molecular formula is C8H17NS. The highest BCUT2D eigenvalue weighted by Gasteiger charge is 2.23. The average molecular weight is 159 g/mol. The summed E-state index contributed by atoms with van der Waals surface area (Å²) in [4.78, 5) is 0.984. The normalized spacial score (nSPS) is 11.2. The highest BCUT2D eigenvalue weighted by atomic mass is 32.1. The van der Waals surface area contributed by atoms with E-state index in [1.54, 1.807) is 0 Å². The Bertz CT molecular complexity index is 116. The molecule has 0 rings (SSSR count). The van der Waals surface area contributed by atoms with E-state index in [1.165, 1.54) is 0 Å². The van der Waals surface area contributed by atoms with E-state index in [4.69, 9.17) is 12.2 Å². The Kier molecular flexibility index (Phi) is 3.87. The van der Waals surface area contributed by atoms with Crippen molar-refractivity contribution in [2.45, 2.75) is 33.6 Å². The highest BCUT2D eigenvalue weighted by molar-refractivity contribution is 7.80. The Morgan fingerprint density at radius 2 is 1.80 bits per heavy atom. The fourth-order valence-corrected chi connectivity index (χ4v) is 1.16. The number of hydrogen-bond acceptors (Lipinski definition) is 1. The van der Waals surface area contributed by atoms with E-state index in [9.17, 15) is 0 Å². The Labute approximate surface area is 69.2 Å². The van der Waals surface area contributed by atoms with Crippen LogP contribution in [-0.2, 0) is 0 Å². The Hall–Kier alpha value is -0.110. The van der Waals surface area contributed by atoms with Crippen molar-refractivity contribution in [3.8, 4) is 0 Å².